The topological polar surface area (TPSA) is 37.3 Å². The molecule has 0 aromatic heterocycles. The lowest BCUT2D eigenvalue weighted by Crippen LogP contribution is -2.47. The molecule has 0 heterocycles. The van der Waals surface area contributed by atoms with Crippen molar-refractivity contribution >= 4 is 5.97 Å². The van der Waals surface area contributed by atoms with Gasteiger partial charge >= 0.3 is 5.97 Å². The highest BCUT2D eigenvalue weighted by atomic mass is 16.4. The van der Waals surface area contributed by atoms with Crippen molar-refractivity contribution < 1.29 is 9.90 Å². The largest absolute Gasteiger partial charge is 0.481 e. The smallest absolute Gasteiger partial charge is 0.303 e. The Hall–Kier alpha value is -0.530. The van der Waals surface area contributed by atoms with Gasteiger partial charge in [0.25, 0.3) is 0 Å². The Morgan fingerprint density at radius 3 is 2.36 bits per heavy atom. The quantitative estimate of drug-likeness (QED) is 0.737. The summed E-state index contributed by atoms with van der Waals surface area (Å²) in [4.78, 5) is 10.9. The number of carboxylic acid groups (broad SMARTS) is 1. The molecule has 80 valence electrons. The number of carboxylic acids is 1. The van der Waals surface area contributed by atoms with Crippen LogP contribution in [-0.4, -0.2) is 11.1 Å². The highest BCUT2D eigenvalue weighted by Gasteiger charge is 2.50. The lowest BCUT2D eigenvalue weighted by molar-refractivity contribution is -0.146. The summed E-state index contributed by atoms with van der Waals surface area (Å²) in [7, 11) is 0. The van der Waals surface area contributed by atoms with Gasteiger partial charge in [-0.15, -0.1) is 0 Å². The lowest BCUT2D eigenvalue weighted by atomic mass is 9.50. The van der Waals surface area contributed by atoms with Crippen LogP contribution in [0.2, 0.25) is 0 Å². The molecule has 2 atom stereocenters. The van der Waals surface area contributed by atoms with E-state index in [0.717, 1.165) is 5.92 Å². The summed E-state index contributed by atoms with van der Waals surface area (Å²) in [5.41, 5.74) is 0.0764. The third-order valence-corrected chi connectivity index (χ3v) is 4.98. The summed E-state index contributed by atoms with van der Waals surface area (Å²) >= 11 is 0. The van der Waals surface area contributed by atoms with Crippen LogP contribution in [-0.2, 0) is 4.79 Å². The molecule has 3 fully saturated rings. The van der Waals surface area contributed by atoms with Crippen LogP contribution in [0.15, 0.2) is 0 Å². The van der Waals surface area contributed by atoms with E-state index >= 15 is 0 Å². The van der Waals surface area contributed by atoms with Crippen molar-refractivity contribution in [1.29, 1.82) is 0 Å². The van der Waals surface area contributed by atoms with Crippen LogP contribution in [0, 0.1) is 23.2 Å². The van der Waals surface area contributed by atoms with E-state index in [2.05, 4.69) is 13.8 Å². The van der Waals surface area contributed by atoms with Crippen LogP contribution in [0.3, 0.4) is 0 Å². The van der Waals surface area contributed by atoms with Crippen LogP contribution in [0.5, 0.6) is 0 Å². The van der Waals surface area contributed by atoms with E-state index in [0.29, 0.717) is 18.3 Å². The van der Waals surface area contributed by atoms with Crippen molar-refractivity contribution in [2.24, 2.45) is 23.2 Å². The number of carbonyl (C=O) groups is 1. The molecule has 2 heteroatoms. The van der Waals surface area contributed by atoms with E-state index in [1.807, 2.05) is 0 Å². The Morgan fingerprint density at radius 2 is 1.93 bits per heavy atom. The van der Waals surface area contributed by atoms with Gasteiger partial charge in [0.1, 0.15) is 0 Å². The first kappa shape index (κ1) is 10.0. The molecule has 1 N–H and O–H groups in total. The molecule has 0 amide bonds. The molecule has 2 unspecified atom stereocenters. The molecule has 0 radical (unpaired) electrons. The fourth-order valence-electron chi connectivity index (χ4n) is 3.82. The molecule has 0 aromatic carbocycles. The molecular weight excluding hydrogens is 176 g/mol. The van der Waals surface area contributed by atoms with Crippen molar-refractivity contribution in [2.75, 3.05) is 0 Å². The van der Waals surface area contributed by atoms with Gasteiger partial charge in [-0.25, -0.2) is 0 Å². The fraction of sp³-hybridized carbons (Fsp3) is 0.917. The van der Waals surface area contributed by atoms with Gasteiger partial charge in [-0.2, -0.15) is 0 Å². The van der Waals surface area contributed by atoms with Crippen LogP contribution in [0.25, 0.3) is 0 Å². The van der Waals surface area contributed by atoms with E-state index in [-0.39, 0.29) is 5.41 Å². The van der Waals surface area contributed by atoms with Crippen molar-refractivity contribution in [2.45, 2.75) is 46.0 Å². The summed E-state index contributed by atoms with van der Waals surface area (Å²) < 4.78 is 0. The molecule has 0 aromatic rings. The molecule has 0 saturated heterocycles. The fourth-order valence-corrected chi connectivity index (χ4v) is 3.82. The molecular formula is C12H20O2. The minimum Gasteiger partial charge on any atom is -0.481 e. The first-order valence-electron chi connectivity index (χ1n) is 5.76. The molecule has 2 bridgehead atoms. The maximum atomic E-state index is 10.9. The van der Waals surface area contributed by atoms with E-state index in [4.69, 9.17) is 5.11 Å². The minimum absolute atomic E-state index is 0.0764. The van der Waals surface area contributed by atoms with E-state index in [1.165, 1.54) is 25.7 Å². The molecule has 3 aliphatic carbocycles. The summed E-state index contributed by atoms with van der Waals surface area (Å²) in [6.45, 7) is 4.46. The second-order valence-electron chi connectivity index (χ2n) is 5.48. The predicted octanol–water partition coefficient (Wildman–Crippen LogP) is 2.92. The van der Waals surface area contributed by atoms with E-state index in [9.17, 15) is 4.79 Å². The number of rotatable bonds is 2. The van der Waals surface area contributed by atoms with Crippen molar-refractivity contribution in [3.05, 3.63) is 0 Å². The highest BCUT2D eigenvalue weighted by molar-refractivity contribution is 5.67. The molecule has 14 heavy (non-hydrogen) atoms. The summed E-state index contributed by atoms with van der Waals surface area (Å²) in [6, 6.07) is 0. The third-order valence-electron chi connectivity index (χ3n) is 4.98. The lowest BCUT2D eigenvalue weighted by Gasteiger charge is -2.54. The Bertz CT molecular complexity index is 237. The van der Waals surface area contributed by atoms with Gasteiger partial charge in [0.2, 0.25) is 0 Å². The van der Waals surface area contributed by atoms with Crippen LogP contribution in [0.1, 0.15) is 46.0 Å². The second-order valence-corrected chi connectivity index (χ2v) is 5.48. The second kappa shape index (κ2) is 3.25. The maximum Gasteiger partial charge on any atom is 0.303 e. The first-order valence-corrected chi connectivity index (χ1v) is 5.76. The average molecular weight is 196 g/mol. The summed E-state index contributed by atoms with van der Waals surface area (Å²) in [5.74, 6) is 1.45. The number of hydrogen-bond acceptors (Lipinski definition) is 1. The van der Waals surface area contributed by atoms with Gasteiger partial charge < -0.3 is 5.11 Å². The van der Waals surface area contributed by atoms with Crippen molar-refractivity contribution in [1.82, 2.24) is 0 Å². The standard InChI is InChI=1S/C12H20O2/c1-8-9-3-5-10(6-4-9)12(8,2)7-11(13)14/h8-10H,3-7H2,1-2H3,(H,13,14). The third kappa shape index (κ3) is 1.35. The zero-order chi connectivity index (χ0) is 10.3. The minimum atomic E-state index is -0.619. The van der Waals surface area contributed by atoms with E-state index < -0.39 is 5.97 Å². The number of hydrogen-bond donors (Lipinski definition) is 1. The van der Waals surface area contributed by atoms with Gasteiger partial charge in [0.15, 0.2) is 0 Å². The molecule has 0 aliphatic heterocycles. The van der Waals surface area contributed by atoms with Crippen LogP contribution >= 0.6 is 0 Å². The zero-order valence-electron chi connectivity index (χ0n) is 9.12. The average Bonchev–Trinajstić information content (AvgIpc) is 2.13. The predicted molar refractivity (Wildman–Crippen MR) is 55.0 cm³/mol. The zero-order valence-corrected chi connectivity index (χ0v) is 9.12. The summed E-state index contributed by atoms with van der Waals surface area (Å²) in [6.07, 6.45) is 5.56. The van der Waals surface area contributed by atoms with Gasteiger partial charge in [0.05, 0.1) is 6.42 Å². The molecule has 3 saturated carbocycles. The molecule has 3 rings (SSSR count). The van der Waals surface area contributed by atoms with Gasteiger partial charge in [0, 0.05) is 0 Å². The Morgan fingerprint density at radius 1 is 1.36 bits per heavy atom. The maximum absolute atomic E-state index is 10.9. The molecule has 0 spiro atoms. The SMILES string of the molecule is CC1C2CCC(CC2)C1(C)CC(=O)O. The normalized spacial score (nSPS) is 46.6. The number of aliphatic carboxylic acids is 1. The van der Waals surface area contributed by atoms with Crippen molar-refractivity contribution in [3.63, 3.8) is 0 Å². The van der Waals surface area contributed by atoms with Crippen LogP contribution in [0.4, 0.5) is 0 Å². The Labute approximate surface area is 85.7 Å². The monoisotopic (exact) mass is 196 g/mol. The van der Waals surface area contributed by atoms with Crippen molar-refractivity contribution in [3.8, 4) is 0 Å². The Balaban J connectivity index is 2.20. The molecule has 3 aliphatic rings. The van der Waals surface area contributed by atoms with Gasteiger partial charge in [-0.3, -0.25) is 4.79 Å². The molecule has 2 nitrogen and oxygen atoms in total. The Kier molecular flexibility index (Phi) is 2.32. The van der Waals surface area contributed by atoms with E-state index in [1.54, 1.807) is 0 Å². The number of fused-ring (bicyclic) bond motifs is 3. The first-order chi connectivity index (χ1) is 6.54. The van der Waals surface area contributed by atoms with Crippen LogP contribution < -0.4 is 0 Å². The summed E-state index contributed by atoms with van der Waals surface area (Å²) in [5, 5.41) is 8.98. The van der Waals surface area contributed by atoms with Gasteiger partial charge in [-0.1, -0.05) is 13.8 Å². The highest BCUT2D eigenvalue weighted by Crippen LogP contribution is 2.57. The van der Waals surface area contributed by atoms with Gasteiger partial charge in [-0.05, 0) is 48.9 Å².